The normalized spacial score (nSPS) is 17.3. The fourth-order valence-electron chi connectivity index (χ4n) is 4.50. The van der Waals surface area contributed by atoms with Crippen molar-refractivity contribution < 1.29 is 8.42 Å². The number of benzene rings is 1. The van der Waals surface area contributed by atoms with Crippen LogP contribution in [-0.4, -0.2) is 47.8 Å². The van der Waals surface area contributed by atoms with E-state index in [1.54, 1.807) is 37.6 Å². The fraction of sp³-hybridized carbons (Fsp3) is 0.348. The van der Waals surface area contributed by atoms with Crippen LogP contribution < -0.4 is 0 Å². The molecular weight excluding hydrogens is 460 g/mol. The minimum absolute atomic E-state index is 0.236. The Morgan fingerprint density at radius 2 is 2.00 bits per heavy atom. The maximum absolute atomic E-state index is 12.6. The Kier molecular flexibility index (Phi) is 5.71. The third kappa shape index (κ3) is 3.62. The lowest BCUT2D eigenvalue weighted by atomic mass is 9.98. The number of fused-ring (bicyclic) bond motifs is 2. The summed E-state index contributed by atoms with van der Waals surface area (Å²) in [5.74, 6) is 0.974. The van der Waals surface area contributed by atoms with E-state index in [-0.39, 0.29) is 10.9 Å². The molecule has 1 aromatic carbocycles. The molecule has 0 saturated carbocycles. The minimum Gasteiger partial charge on any atom is -0.327 e. The van der Waals surface area contributed by atoms with Crippen LogP contribution in [-0.2, 0) is 29.5 Å². The van der Waals surface area contributed by atoms with Crippen molar-refractivity contribution in [1.82, 2.24) is 18.8 Å². The van der Waals surface area contributed by atoms with E-state index in [1.807, 2.05) is 17.4 Å². The second-order valence-electron chi connectivity index (χ2n) is 8.15. The summed E-state index contributed by atoms with van der Waals surface area (Å²) >= 11 is 3.65. The molecule has 32 heavy (non-hydrogen) atoms. The fourth-order valence-corrected chi connectivity index (χ4v) is 7.21. The quantitative estimate of drug-likeness (QED) is 0.400. The number of hydrogen-bond donors (Lipinski definition) is 0. The minimum atomic E-state index is -3.50. The molecule has 6 nitrogen and oxygen atoms in total. The first-order chi connectivity index (χ1) is 15.4. The summed E-state index contributed by atoms with van der Waals surface area (Å²) < 4.78 is 28.7. The van der Waals surface area contributed by atoms with Gasteiger partial charge in [-0.05, 0) is 60.0 Å². The van der Waals surface area contributed by atoms with Crippen LogP contribution in [0, 0.1) is 0 Å². The highest BCUT2D eigenvalue weighted by Crippen LogP contribution is 2.40. The Balaban J connectivity index is 1.55. The molecular formula is C23H26N4O2S3. The van der Waals surface area contributed by atoms with E-state index < -0.39 is 10.0 Å². The molecule has 0 saturated heterocycles. The molecule has 0 radical (unpaired) electrons. The highest BCUT2D eigenvalue weighted by atomic mass is 32.2. The van der Waals surface area contributed by atoms with Crippen LogP contribution in [0.15, 0.2) is 52.1 Å². The number of aromatic nitrogens is 2. The maximum Gasteiger partial charge on any atom is 0.242 e. The highest BCUT2D eigenvalue weighted by Gasteiger charge is 2.31. The zero-order valence-corrected chi connectivity index (χ0v) is 20.8. The van der Waals surface area contributed by atoms with E-state index in [0.29, 0.717) is 0 Å². The van der Waals surface area contributed by atoms with E-state index in [4.69, 9.17) is 4.98 Å². The lowest BCUT2D eigenvalue weighted by Crippen LogP contribution is -2.35. The molecule has 168 valence electrons. The smallest absolute Gasteiger partial charge is 0.242 e. The van der Waals surface area contributed by atoms with Gasteiger partial charge >= 0.3 is 0 Å². The van der Waals surface area contributed by atoms with Gasteiger partial charge in [-0.3, -0.25) is 4.90 Å². The topological polar surface area (TPSA) is 58.4 Å². The summed E-state index contributed by atoms with van der Waals surface area (Å²) in [6.45, 7) is 4.59. The number of hydrogen-bond acceptors (Lipinski definition) is 6. The van der Waals surface area contributed by atoms with Crippen LogP contribution in [0.25, 0.3) is 11.0 Å². The predicted molar refractivity (Wildman–Crippen MR) is 131 cm³/mol. The van der Waals surface area contributed by atoms with Gasteiger partial charge in [0.25, 0.3) is 0 Å². The van der Waals surface area contributed by atoms with Gasteiger partial charge in [0.1, 0.15) is 5.82 Å². The van der Waals surface area contributed by atoms with Crippen molar-refractivity contribution >= 4 is 43.7 Å². The van der Waals surface area contributed by atoms with Crippen LogP contribution in [0.1, 0.15) is 34.1 Å². The van der Waals surface area contributed by atoms with Gasteiger partial charge in [0.05, 0.1) is 28.5 Å². The maximum atomic E-state index is 12.6. The molecule has 9 heteroatoms. The van der Waals surface area contributed by atoms with Crippen molar-refractivity contribution in [2.45, 2.75) is 37.4 Å². The third-order valence-corrected chi connectivity index (χ3v) is 9.85. The van der Waals surface area contributed by atoms with Gasteiger partial charge < -0.3 is 4.57 Å². The van der Waals surface area contributed by atoms with Gasteiger partial charge in [-0.2, -0.15) is 0 Å². The molecule has 0 spiro atoms. The monoisotopic (exact) mass is 486 g/mol. The molecule has 1 atom stereocenters. The average molecular weight is 487 g/mol. The molecule has 4 aromatic rings. The molecule has 5 rings (SSSR count). The van der Waals surface area contributed by atoms with Crippen LogP contribution in [0.3, 0.4) is 0 Å². The number of sulfonamides is 1. The highest BCUT2D eigenvalue weighted by molar-refractivity contribution is 7.89. The zero-order chi connectivity index (χ0) is 22.5. The Morgan fingerprint density at radius 1 is 1.16 bits per heavy atom. The molecule has 0 N–H and O–H groups in total. The third-order valence-electron chi connectivity index (χ3n) is 6.12. The Morgan fingerprint density at radius 3 is 2.72 bits per heavy atom. The zero-order valence-electron chi connectivity index (χ0n) is 18.4. The van der Waals surface area contributed by atoms with Gasteiger partial charge in [-0.1, -0.05) is 6.07 Å². The molecule has 0 fully saturated rings. The Hall–Kier alpha value is -2.04. The predicted octanol–water partition coefficient (Wildman–Crippen LogP) is 4.58. The standard InChI is InChI=1S/C23H26N4O2S3/c1-4-27-19-8-7-16(32(28,29)25(2)3)14-18(19)24-22(27)15-26-11-9-20-17(10-13-31-20)23(26)21-6-5-12-30-21/h5-8,10,12-14,23H,4,9,11,15H2,1-3H3. The van der Waals surface area contributed by atoms with Gasteiger partial charge in [0.2, 0.25) is 10.0 Å². The van der Waals surface area contributed by atoms with E-state index in [0.717, 1.165) is 42.9 Å². The van der Waals surface area contributed by atoms with Crippen molar-refractivity contribution in [1.29, 1.82) is 0 Å². The largest absolute Gasteiger partial charge is 0.327 e. The molecule has 1 aliphatic heterocycles. The SMILES string of the molecule is CCn1c(CN2CCc3sccc3C2c2cccs2)nc2cc(S(=O)(=O)N(C)C)ccc21. The first-order valence-electron chi connectivity index (χ1n) is 10.7. The van der Waals surface area contributed by atoms with E-state index in [1.165, 1.54) is 19.6 Å². The Bertz CT molecular complexity index is 1350. The van der Waals surface area contributed by atoms with E-state index in [2.05, 4.69) is 45.3 Å². The first kappa shape index (κ1) is 21.8. The summed E-state index contributed by atoms with van der Waals surface area (Å²) in [4.78, 5) is 10.5. The van der Waals surface area contributed by atoms with Gasteiger partial charge in [0.15, 0.2) is 0 Å². The second-order valence-corrected chi connectivity index (χ2v) is 12.3. The first-order valence-corrected chi connectivity index (χ1v) is 13.9. The number of aryl methyl sites for hydroxylation is 1. The van der Waals surface area contributed by atoms with E-state index in [9.17, 15) is 8.42 Å². The van der Waals surface area contributed by atoms with Gasteiger partial charge in [-0.15, -0.1) is 22.7 Å². The van der Waals surface area contributed by atoms with E-state index >= 15 is 0 Å². The molecule has 3 aromatic heterocycles. The summed E-state index contributed by atoms with van der Waals surface area (Å²) in [7, 11) is -0.393. The molecule has 0 amide bonds. The molecule has 1 unspecified atom stereocenters. The summed E-state index contributed by atoms with van der Waals surface area (Å²) in [6.07, 6.45) is 1.05. The molecule has 4 heterocycles. The average Bonchev–Trinajstić information content (AvgIpc) is 3.52. The number of imidazole rings is 1. The van der Waals surface area contributed by atoms with Crippen LogP contribution in [0.4, 0.5) is 0 Å². The number of nitrogens with zero attached hydrogens (tertiary/aromatic N) is 4. The molecule has 0 aliphatic carbocycles. The summed E-state index contributed by atoms with van der Waals surface area (Å²) in [5.41, 5.74) is 3.11. The Labute approximate surface area is 196 Å². The molecule has 1 aliphatic rings. The van der Waals surface area contributed by atoms with Crippen molar-refractivity contribution in [3.8, 4) is 0 Å². The lowest BCUT2D eigenvalue weighted by molar-refractivity contribution is 0.201. The van der Waals surface area contributed by atoms with Crippen LogP contribution >= 0.6 is 22.7 Å². The lowest BCUT2D eigenvalue weighted by Gasteiger charge is -2.35. The van der Waals surface area contributed by atoms with Crippen molar-refractivity contribution in [2.75, 3.05) is 20.6 Å². The van der Waals surface area contributed by atoms with Gasteiger partial charge in [-0.25, -0.2) is 17.7 Å². The second kappa shape index (κ2) is 8.39. The summed E-state index contributed by atoms with van der Waals surface area (Å²) in [6, 6.07) is 12.1. The van der Waals surface area contributed by atoms with Gasteiger partial charge in [0, 0.05) is 36.9 Å². The molecule has 0 bridgehead atoms. The van der Waals surface area contributed by atoms with Crippen molar-refractivity contribution in [2.24, 2.45) is 0 Å². The summed E-state index contributed by atoms with van der Waals surface area (Å²) in [5, 5.41) is 4.34. The van der Waals surface area contributed by atoms with Crippen LogP contribution in [0.5, 0.6) is 0 Å². The van der Waals surface area contributed by atoms with Crippen molar-refractivity contribution in [3.05, 3.63) is 68.3 Å². The number of rotatable bonds is 6. The van der Waals surface area contributed by atoms with Crippen molar-refractivity contribution in [3.63, 3.8) is 0 Å². The number of thiophene rings is 2. The van der Waals surface area contributed by atoms with Crippen LogP contribution in [0.2, 0.25) is 0 Å².